The molecule has 0 radical (unpaired) electrons. The number of sulfonamides is 1. The third-order valence-corrected chi connectivity index (χ3v) is 8.41. The van der Waals surface area contributed by atoms with Crippen LogP contribution in [0.1, 0.15) is 0 Å². The van der Waals surface area contributed by atoms with Crippen LogP contribution in [0.4, 0.5) is 10.8 Å². The maximum atomic E-state index is 13.0. The lowest BCUT2D eigenvalue weighted by Gasteiger charge is -2.17. The molecule has 1 aromatic heterocycles. The molecule has 156 valence electrons. The SMILES string of the molecule is CSc1ccc(-c2csc(NC(=O)CN3c4cccc5cccc(c45)S3(=O)=O)n2)cc1. The zero-order chi connectivity index (χ0) is 21.6. The van der Waals surface area contributed by atoms with Gasteiger partial charge in [0.2, 0.25) is 5.91 Å². The van der Waals surface area contributed by atoms with Gasteiger partial charge in [0.05, 0.1) is 16.3 Å². The molecule has 5 rings (SSSR count). The van der Waals surface area contributed by atoms with E-state index in [0.717, 1.165) is 25.8 Å². The molecular formula is C22H17N3O3S3. The van der Waals surface area contributed by atoms with Crippen molar-refractivity contribution in [3.05, 3.63) is 66.0 Å². The van der Waals surface area contributed by atoms with E-state index in [1.54, 1.807) is 36.0 Å². The van der Waals surface area contributed by atoms with Crippen LogP contribution in [0, 0.1) is 0 Å². The fraction of sp³-hybridized carbons (Fsp3) is 0.0909. The largest absolute Gasteiger partial charge is 0.300 e. The summed E-state index contributed by atoms with van der Waals surface area (Å²) in [5, 5.41) is 6.52. The molecule has 2 heterocycles. The van der Waals surface area contributed by atoms with Crippen LogP contribution < -0.4 is 9.62 Å². The van der Waals surface area contributed by atoms with Crippen molar-refractivity contribution in [2.75, 3.05) is 22.4 Å². The van der Waals surface area contributed by atoms with Crippen LogP contribution in [0.3, 0.4) is 0 Å². The molecule has 0 spiro atoms. The Morgan fingerprint density at radius 3 is 2.58 bits per heavy atom. The summed E-state index contributed by atoms with van der Waals surface area (Å²) in [4.78, 5) is 18.6. The van der Waals surface area contributed by atoms with Crippen LogP contribution >= 0.6 is 23.1 Å². The molecule has 0 fully saturated rings. The average molecular weight is 468 g/mol. The number of carbonyl (C=O) groups excluding carboxylic acids is 1. The predicted octanol–water partition coefficient (Wildman–Crippen LogP) is 4.83. The zero-order valence-corrected chi connectivity index (χ0v) is 18.9. The lowest BCUT2D eigenvalue weighted by atomic mass is 10.1. The Hall–Kier alpha value is -2.88. The first kappa shape index (κ1) is 20.0. The summed E-state index contributed by atoms with van der Waals surface area (Å²) in [6.07, 6.45) is 2.02. The van der Waals surface area contributed by atoms with Gasteiger partial charge in [-0.1, -0.05) is 36.4 Å². The third-order valence-electron chi connectivity index (χ3n) is 5.10. The first-order chi connectivity index (χ1) is 15.0. The summed E-state index contributed by atoms with van der Waals surface area (Å²) in [7, 11) is -3.78. The lowest BCUT2D eigenvalue weighted by Crippen LogP contribution is -2.35. The number of amides is 1. The predicted molar refractivity (Wildman–Crippen MR) is 126 cm³/mol. The highest BCUT2D eigenvalue weighted by molar-refractivity contribution is 7.98. The Kier molecular flexibility index (Phi) is 4.96. The second kappa shape index (κ2) is 7.67. The standard InChI is InChI=1S/C22H17N3O3S3/c1-29-16-10-8-14(9-11-16)17-13-30-22(23-17)24-20(26)12-25-18-6-2-4-15-5-3-7-19(21(15)18)31(25,27)28/h2-11,13H,12H2,1H3,(H,23,24,26). The van der Waals surface area contributed by atoms with E-state index >= 15 is 0 Å². The van der Waals surface area contributed by atoms with Gasteiger partial charge in [0.15, 0.2) is 5.13 Å². The maximum absolute atomic E-state index is 13.0. The van der Waals surface area contributed by atoms with Gasteiger partial charge >= 0.3 is 0 Å². The number of nitrogens with zero attached hydrogens (tertiary/aromatic N) is 2. The maximum Gasteiger partial charge on any atom is 0.265 e. The van der Waals surface area contributed by atoms with Crippen LogP contribution in [-0.4, -0.2) is 32.1 Å². The van der Waals surface area contributed by atoms with Crippen molar-refractivity contribution in [1.29, 1.82) is 0 Å². The Morgan fingerprint density at radius 1 is 1.10 bits per heavy atom. The minimum Gasteiger partial charge on any atom is -0.300 e. The van der Waals surface area contributed by atoms with Crippen molar-refractivity contribution in [2.45, 2.75) is 9.79 Å². The number of hydrogen-bond donors (Lipinski definition) is 1. The molecule has 31 heavy (non-hydrogen) atoms. The molecule has 4 aromatic rings. The normalized spacial score (nSPS) is 14.2. The summed E-state index contributed by atoms with van der Waals surface area (Å²) >= 11 is 2.97. The van der Waals surface area contributed by atoms with E-state index in [2.05, 4.69) is 10.3 Å². The Balaban J connectivity index is 1.36. The molecule has 0 bridgehead atoms. The van der Waals surface area contributed by atoms with E-state index in [-0.39, 0.29) is 11.4 Å². The number of aromatic nitrogens is 1. The van der Waals surface area contributed by atoms with Gasteiger partial charge < -0.3 is 5.32 Å². The van der Waals surface area contributed by atoms with Gasteiger partial charge in [-0.2, -0.15) is 0 Å². The van der Waals surface area contributed by atoms with E-state index in [9.17, 15) is 13.2 Å². The summed E-state index contributed by atoms with van der Waals surface area (Å²) in [5.74, 6) is -0.438. The molecule has 0 saturated carbocycles. The van der Waals surface area contributed by atoms with Crippen LogP contribution in [0.15, 0.2) is 75.8 Å². The molecule has 3 aromatic carbocycles. The fourth-order valence-corrected chi connectivity index (χ4v) is 6.45. The highest BCUT2D eigenvalue weighted by atomic mass is 32.2. The number of hydrogen-bond acceptors (Lipinski definition) is 6. The Bertz CT molecular complexity index is 1410. The van der Waals surface area contributed by atoms with Gasteiger partial charge in [-0.25, -0.2) is 13.4 Å². The number of rotatable bonds is 5. The van der Waals surface area contributed by atoms with E-state index in [4.69, 9.17) is 0 Å². The van der Waals surface area contributed by atoms with Crippen molar-refractivity contribution in [3.63, 3.8) is 0 Å². The molecule has 0 saturated heterocycles. The van der Waals surface area contributed by atoms with Crippen molar-refractivity contribution >= 4 is 60.6 Å². The molecule has 1 aliphatic rings. The minimum absolute atomic E-state index is 0.235. The number of thiazole rings is 1. The van der Waals surface area contributed by atoms with Gasteiger partial charge in [0.25, 0.3) is 10.0 Å². The third kappa shape index (κ3) is 3.48. The molecule has 1 amide bonds. The zero-order valence-electron chi connectivity index (χ0n) is 16.4. The van der Waals surface area contributed by atoms with E-state index in [0.29, 0.717) is 16.2 Å². The van der Waals surface area contributed by atoms with Crippen molar-refractivity contribution in [1.82, 2.24) is 4.98 Å². The number of anilines is 2. The lowest BCUT2D eigenvalue weighted by molar-refractivity contribution is -0.114. The van der Waals surface area contributed by atoms with Gasteiger partial charge in [0.1, 0.15) is 6.54 Å². The molecule has 1 aliphatic heterocycles. The Morgan fingerprint density at radius 2 is 1.84 bits per heavy atom. The summed E-state index contributed by atoms with van der Waals surface area (Å²) in [6, 6.07) is 18.6. The quantitative estimate of drug-likeness (QED) is 0.425. The number of carbonyl (C=O) groups is 1. The van der Waals surface area contributed by atoms with Crippen LogP contribution in [0.2, 0.25) is 0 Å². The molecule has 9 heteroatoms. The first-order valence-electron chi connectivity index (χ1n) is 9.42. The van der Waals surface area contributed by atoms with Gasteiger partial charge in [0, 0.05) is 21.2 Å². The van der Waals surface area contributed by atoms with Crippen molar-refractivity contribution < 1.29 is 13.2 Å². The summed E-state index contributed by atoms with van der Waals surface area (Å²) < 4.78 is 27.2. The topological polar surface area (TPSA) is 79.4 Å². The van der Waals surface area contributed by atoms with Crippen molar-refractivity contribution in [2.24, 2.45) is 0 Å². The highest BCUT2D eigenvalue weighted by Gasteiger charge is 2.36. The fourth-order valence-electron chi connectivity index (χ4n) is 3.64. The number of benzene rings is 3. The Labute approximate surface area is 188 Å². The smallest absolute Gasteiger partial charge is 0.265 e. The van der Waals surface area contributed by atoms with Crippen LogP contribution in [0.25, 0.3) is 22.0 Å². The molecule has 0 aliphatic carbocycles. The highest BCUT2D eigenvalue weighted by Crippen LogP contribution is 2.41. The van der Waals surface area contributed by atoms with E-state index in [1.165, 1.54) is 11.3 Å². The van der Waals surface area contributed by atoms with Crippen LogP contribution in [-0.2, 0) is 14.8 Å². The second-order valence-electron chi connectivity index (χ2n) is 6.96. The van der Waals surface area contributed by atoms with E-state index < -0.39 is 15.9 Å². The molecule has 1 N–H and O–H groups in total. The molecule has 0 atom stereocenters. The van der Waals surface area contributed by atoms with Crippen LogP contribution in [0.5, 0.6) is 0 Å². The molecule has 6 nitrogen and oxygen atoms in total. The van der Waals surface area contributed by atoms with Gasteiger partial charge in [-0.05, 0) is 35.9 Å². The first-order valence-corrected chi connectivity index (χ1v) is 13.0. The van der Waals surface area contributed by atoms with Crippen molar-refractivity contribution in [3.8, 4) is 11.3 Å². The second-order valence-corrected chi connectivity index (χ2v) is 10.5. The average Bonchev–Trinajstić information content (AvgIpc) is 3.32. The summed E-state index contributed by atoms with van der Waals surface area (Å²) in [5.41, 5.74) is 2.25. The monoisotopic (exact) mass is 467 g/mol. The number of nitrogens with one attached hydrogen (secondary N) is 1. The minimum atomic E-state index is -3.78. The van der Waals surface area contributed by atoms with Gasteiger partial charge in [-0.15, -0.1) is 23.1 Å². The van der Waals surface area contributed by atoms with E-state index in [1.807, 2.05) is 48.0 Å². The number of thioether (sulfide) groups is 1. The van der Waals surface area contributed by atoms with Gasteiger partial charge in [-0.3, -0.25) is 9.10 Å². The summed E-state index contributed by atoms with van der Waals surface area (Å²) in [6.45, 7) is -0.312. The molecule has 0 unspecified atom stereocenters. The molecular weight excluding hydrogens is 450 g/mol.